The summed E-state index contributed by atoms with van der Waals surface area (Å²) in [4.78, 5) is 25.0. The van der Waals surface area contributed by atoms with E-state index in [1.165, 1.54) is 12.7 Å². The lowest BCUT2D eigenvalue weighted by molar-refractivity contribution is -0.120. The number of hydrogen-bond acceptors (Lipinski definition) is 4. The fourth-order valence-electron chi connectivity index (χ4n) is 4.88. The first-order valence-electron chi connectivity index (χ1n) is 10.2. The minimum absolute atomic E-state index is 0.0208. The first kappa shape index (κ1) is 22.9. The Kier molecular flexibility index (Phi) is 6.77. The summed E-state index contributed by atoms with van der Waals surface area (Å²) in [6.07, 6.45) is 6.90. The van der Waals surface area contributed by atoms with Crippen molar-refractivity contribution in [2.24, 2.45) is 11.8 Å². The Labute approximate surface area is 174 Å². The van der Waals surface area contributed by atoms with Gasteiger partial charge in [-0.15, -0.1) is 0 Å². The van der Waals surface area contributed by atoms with E-state index in [0.29, 0.717) is 23.3 Å². The molecule has 4 nitrogen and oxygen atoms in total. The summed E-state index contributed by atoms with van der Waals surface area (Å²) in [5.74, 6) is 0.918. The normalized spacial score (nSPS) is 23.3. The van der Waals surface area contributed by atoms with Crippen molar-refractivity contribution in [1.29, 1.82) is 0 Å². The second-order valence-electron chi connectivity index (χ2n) is 8.51. The van der Waals surface area contributed by atoms with Gasteiger partial charge in [-0.05, 0) is 41.5 Å². The van der Waals surface area contributed by atoms with Gasteiger partial charge in [-0.2, -0.15) is 0 Å². The van der Waals surface area contributed by atoms with Crippen molar-refractivity contribution in [2.45, 2.75) is 67.2 Å². The number of carbonyl (C=O) groups is 1. The fourth-order valence-corrected chi connectivity index (χ4v) is 4.88. The molecule has 3 atom stereocenters. The van der Waals surface area contributed by atoms with Gasteiger partial charge in [-0.3, -0.25) is 9.59 Å². The fraction of sp³-hybridized carbons (Fsp3) is 0.520. The average molecular weight is 399 g/mol. The van der Waals surface area contributed by atoms with Crippen LogP contribution >= 0.6 is 0 Å². The highest BCUT2D eigenvalue weighted by molar-refractivity contribution is 5.82. The quantitative estimate of drug-likeness (QED) is 0.585. The maximum absolute atomic E-state index is 12.9. The molecule has 1 heterocycles. The second-order valence-corrected chi connectivity index (χ2v) is 8.51. The van der Waals surface area contributed by atoms with Gasteiger partial charge in [0.25, 0.3) is 5.95 Å². The molecular weight excluding hydrogens is 364 g/mol. The van der Waals surface area contributed by atoms with Gasteiger partial charge in [-0.1, -0.05) is 48.8 Å². The highest BCUT2D eigenvalue weighted by atomic mass is 16.6. The van der Waals surface area contributed by atoms with Gasteiger partial charge in [0.1, 0.15) is 11.5 Å². The van der Waals surface area contributed by atoms with E-state index in [0.717, 1.165) is 11.1 Å². The summed E-state index contributed by atoms with van der Waals surface area (Å²) < 4.78 is 11.5. The largest absolute Gasteiger partial charge is 0.468 e. The van der Waals surface area contributed by atoms with E-state index in [-0.39, 0.29) is 29.0 Å². The summed E-state index contributed by atoms with van der Waals surface area (Å²) in [6, 6.07) is 0. The van der Waals surface area contributed by atoms with E-state index in [2.05, 4.69) is 45.9 Å². The van der Waals surface area contributed by atoms with Crippen LogP contribution in [-0.2, 0) is 10.2 Å². The summed E-state index contributed by atoms with van der Waals surface area (Å²) in [5, 5.41) is 0. The number of Topliss-reactive ketones (excluding diaryl/α,β-unsaturated/α-hetero) is 1. The van der Waals surface area contributed by atoms with Gasteiger partial charge < -0.3 is 9.15 Å². The number of rotatable bonds is 6. The zero-order valence-corrected chi connectivity index (χ0v) is 19.2. The van der Waals surface area contributed by atoms with Crippen LogP contribution in [-0.4, -0.2) is 12.9 Å². The third kappa shape index (κ3) is 4.17. The van der Waals surface area contributed by atoms with Crippen LogP contribution in [0.25, 0.3) is 0 Å². The Bertz CT molecular complexity index is 958. The number of allylic oxidation sites excluding steroid dienone is 6. The molecule has 0 radical (unpaired) electrons. The molecule has 158 valence electrons. The molecule has 0 aliphatic heterocycles. The van der Waals surface area contributed by atoms with Crippen LogP contribution in [0.3, 0.4) is 0 Å². The van der Waals surface area contributed by atoms with Crippen molar-refractivity contribution >= 4 is 5.78 Å². The predicted octanol–water partition coefficient (Wildman–Crippen LogP) is 5.61. The van der Waals surface area contributed by atoms with E-state index >= 15 is 0 Å². The molecule has 0 unspecified atom stereocenters. The molecule has 1 aliphatic carbocycles. The lowest BCUT2D eigenvalue weighted by Crippen LogP contribution is -2.36. The predicted molar refractivity (Wildman–Crippen MR) is 118 cm³/mol. The van der Waals surface area contributed by atoms with Crippen LogP contribution < -0.4 is 10.2 Å². The van der Waals surface area contributed by atoms with Crippen molar-refractivity contribution in [2.75, 3.05) is 7.11 Å². The van der Waals surface area contributed by atoms with Crippen molar-refractivity contribution in [3.63, 3.8) is 0 Å². The van der Waals surface area contributed by atoms with Crippen molar-refractivity contribution in [1.82, 2.24) is 0 Å². The van der Waals surface area contributed by atoms with E-state index in [9.17, 15) is 9.59 Å². The first-order valence-corrected chi connectivity index (χ1v) is 10.2. The maximum Gasteiger partial charge on any atom is 0.291 e. The van der Waals surface area contributed by atoms with E-state index in [1.807, 2.05) is 20.8 Å². The van der Waals surface area contributed by atoms with Gasteiger partial charge in [0.15, 0.2) is 5.43 Å². The van der Waals surface area contributed by atoms with Gasteiger partial charge in [0, 0.05) is 23.8 Å². The Morgan fingerprint density at radius 3 is 2.45 bits per heavy atom. The molecule has 1 aromatic heterocycles. The highest BCUT2D eigenvalue weighted by Gasteiger charge is 2.42. The first-order chi connectivity index (χ1) is 13.5. The number of ether oxygens (including phenoxy) is 1. The molecule has 0 amide bonds. The summed E-state index contributed by atoms with van der Waals surface area (Å²) >= 11 is 0. The van der Waals surface area contributed by atoms with Crippen LogP contribution in [0.2, 0.25) is 0 Å². The number of ketones is 1. The third-order valence-electron chi connectivity index (χ3n) is 6.06. The molecular formula is C25H34O4. The third-order valence-corrected chi connectivity index (χ3v) is 6.06. The lowest BCUT2D eigenvalue weighted by atomic mass is 9.64. The van der Waals surface area contributed by atoms with Gasteiger partial charge in [0.2, 0.25) is 0 Å². The maximum atomic E-state index is 12.9. The van der Waals surface area contributed by atoms with Crippen molar-refractivity contribution in [3.05, 3.63) is 62.1 Å². The molecule has 0 saturated carbocycles. The number of methoxy groups -OCH3 is 1. The van der Waals surface area contributed by atoms with Crippen LogP contribution in [0.5, 0.6) is 5.95 Å². The molecule has 1 aromatic rings. The summed E-state index contributed by atoms with van der Waals surface area (Å²) in [7, 11) is 1.51. The van der Waals surface area contributed by atoms with Gasteiger partial charge >= 0.3 is 0 Å². The van der Waals surface area contributed by atoms with Crippen molar-refractivity contribution in [3.8, 4) is 5.95 Å². The molecule has 0 spiro atoms. The standard InChI is InChI=1S/C25H34O4/c1-10-20(26)15(3)12-17(5)21-16(4)11-14(2)13-25(21,8)23-18(6)22(27)19(7)24(28-9)29-23/h11-13,15,21H,10H2,1-9H3/t15-,21-,25-/m1/s1. The van der Waals surface area contributed by atoms with Crippen LogP contribution in [0, 0.1) is 25.7 Å². The van der Waals surface area contributed by atoms with E-state index in [4.69, 9.17) is 9.15 Å². The molecule has 0 bridgehead atoms. The molecule has 1 aliphatic rings. The highest BCUT2D eigenvalue weighted by Crippen LogP contribution is 2.47. The molecule has 4 heteroatoms. The van der Waals surface area contributed by atoms with Crippen LogP contribution in [0.15, 0.2) is 44.2 Å². The Morgan fingerprint density at radius 1 is 1.28 bits per heavy atom. The lowest BCUT2D eigenvalue weighted by Gasteiger charge is -2.40. The second kappa shape index (κ2) is 8.56. The average Bonchev–Trinajstić information content (AvgIpc) is 2.64. The number of carbonyl (C=O) groups excluding carboxylic acids is 1. The van der Waals surface area contributed by atoms with Gasteiger partial charge in [-0.25, -0.2) is 0 Å². The van der Waals surface area contributed by atoms with E-state index in [1.54, 1.807) is 6.92 Å². The molecule has 0 saturated heterocycles. The summed E-state index contributed by atoms with van der Waals surface area (Å²) in [6.45, 7) is 15.7. The molecule has 29 heavy (non-hydrogen) atoms. The topological polar surface area (TPSA) is 56.5 Å². The smallest absolute Gasteiger partial charge is 0.291 e. The SMILES string of the molecule is CCC(=O)[C@H](C)C=C(C)[C@H]1C(C)=CC(C)=C[C@@]1(C)c1oc(OC)c(C)c(=O)c1C. The Balaban J connectivity index is 2.74. The minimum Gasteiger partial charge on any atom is -0.468 e. The zero-order valence-electron chi connectivity index (χ0n) is 19.2. The van der Waals surface area contributed by atoms with Crippen molar-refractivity contribution < 1.29 is 13.9 Å². The zero-order chi connectivity index (χ0) is 22.1. The molecule has 0 N–H and O–H groups in total. The van der Waals surface area contributed by atoms with Crippen LogP contribution in [0.4, 0.5) is 0 Å². The molecule has 2 rings (SSSR count). The molecule has 0 fully saturated rings. The van der Waals surface area contributed by atoms with Gasteiger partial charge in [0.05, 0.1) is 18.1 Å². The van der Waals surface area contributed by atoms with E-state index < -0.39 is 5.41 Å². The molecule has 0 aromatic carbocycles. The minimum atomic E-state index is -0.567. The van der Waals surface area contributed by atoms with Crippen LogP contribution in [0.1, 0.15) is 64.9 Å². The Hall–Kier alpha value is -2.36. The monoisotopic (exact) mass is 398 g/mol. The number of hydrogen-bond donors (Lipinski definition) is 0. The Morgan fingerprint density at radius 2 is 1.90 bits per heavy atom. The summed E-state index contributed by atoms with van der Waals surface area (Å²) in [5.41, 5.74) is 3.85.